The van der Waals surface area contributed by atoms with Crippen LogP contribution in [0.2, 0.25) is 5.02 Å². The number of nitrogens with one attached hydrogen (secondary N) is 1. The molecule has 0 saturated carbocycles. The van der Waals surface area contributed by atoms with Gasteiger partial charge >= 0.3 is 0 Å². The summed E-state index contributed by atoms with van der Waals surface area (Å²) in [5.41, 5.74) is 0.575. The summed E-state index contributed by atoms with van der Waals surface area (Å²) in [6.45, 7) is 2.75. The van der Waals surface area contributed by atoms with E-state index in [4.69, 9.17) is 16.3 Å². The first-order valence-corrected chi connectivity index (χ1v) is 10.2. The Morgan fingerprint density at radius 3 is 2.83 bits per heavy atom. The Bertz CT molecular complexity index is 744. The fraction of sp³-hybridized carbons (Fsp3) is 0.562. The van der Waals surface area contributed by atoms with Gasteiger partial charge in [-0.1, -0.05) is 11.6 Å². The van der Waals surface area contributed by atoms with Crippen molar-refractivity contribution in [1.29, 1.82) is 0 Å². The molecular formula is C16H21ClN2O4S. The highest BCUT2D eigenvalue weighted by Gasteiger charge is 2.41. The zero-order valence-electron chi connectivity index (χ0n) is 13.5. The van der Waals surface area contributed by atoms with E-state index >= 15 is 0 Å². The van der Waals surface area contributed by atoms with Gasteiger partial charge in [0.1, 0.15) is 0 Å². The highest BCUT2D eigenvalue weighted by Crippen LogP contribution is 2.39. The Morgan fingerprint density at radius 1 is 1.38 bits per heavy atom. The van der Waals surface area contributed by atoms with E-state index in [-0.39, 0.29) is 22.6 Å². The molecule has 132 valence electrons. The molecule has 1 amide bonds. The zero-order valence-corrected chi connectivity index (χ0v) is 15.1. The number of anilines is 1. The van der Waals surface area contributed by atoms with E-state index in [1.54, 1.807) is 11.0 Å². The van der Waals surface area contributed by atoms with Crippen molar-refractivity contribution in [2.45, 2.75) is 19.3 Å². The highest BCUT2D eigenvalue weighted by atomic mass is 35.5. The van der Waals surface area contributed by atoms with E-state index in [1.165, 1.54) is 12.1 Å². The van der Waals surface area contributed by atoms with E-state index in [9.17, 15) is 13.2 Å². The Kier molecular flexibility index (Phi) is 4.77. The molecule has 1 spiro atoms. The van der Waals surface area contributed by atoms with Gasteiger partial charge in [0.25, 0.3) is 5.91 Å². The maximum Gasteiger partial charge on any atom is 0.256 e. The van der Waals surface area contributed by atoms with Crippen LogP contribution in [0, 0.1) is 5.41 Å². The van der Waals surface area contributed by atoms with Crippen LogP contribution in [-0.2, 0) is 14.8 Å². The number of halogens is 1. The average Bonchev–Trinajstić information content (AvgIpc) is 2.91. The molecule has 2 aliphatic heterocycles. The maximum atomic E-state index is 12.9. The van der Waals surface area contributed by atoms with E-state index < -0.39 is 10.0 Å². The number of rotatable bonds is 3. The topological polar surface area (TPSA) is 75.7 Å². The van der Waals surface area contributed by atoms with E-state index in [1.807, 2.05) is 0 Å². The summed E-state index contributed by atoms with van der Waals surface area (Å²) < 4.78 is 31.1. The van der Waals surface area contributed by atoms with Gasteiger partial charge in [0.15, 0.2) is 0 Å². The van der Waals surface area contributed by atoms with E-state index in [0.717, 1.165) is 32.1 Å². The fourth-order valence-electron chi connectivity index (χ4n) is 3.49. The molecule has 2 heterocycles. The van der Waals surface area contributed by atoms with Crippen LogP contribution >= 0.6 is 11.6 Å². The second-order valence-electron chi connectivity index (χ2n) is 6.70. The summed E-state index contributed by atoms with van der Waals surface area (Å²) in [5, 5.41) is 0.396. The maximum absolute atomic E-state index is 12.9. The largest absolute Gasteiger partial charge is 0.381 e. The van der Waals surface area contributed by atoms with Crippen molar-refractivity contribution in [2.24, 2.45) is 5.41 Å². The van der Waals surface area contributed by atoms with E-state index in [2.05, 4.69) is 4.72 Å². The molecule has 1 N–H and O–H groups in total. The predicted octanol–water partition coefficient (Wildman–Crippen LogP) is 2.35. The summed E-state index contributed by atoms with van der Waals surface area (Å²) >= 11 is 6.01. The normalized spacial score (nSPS) is 24.3. The predicted molar refractivity (Wildman–Crippen MR) is 92.9 cm³/mol. The molecule has 1 unspecified atom stereocenters. The molecule has 0 bridgehead atoms. The third kappa shape index (κ3) is 3.84. The van der Waals surface area contributed by atoms with Crippen LogP contribution in [-0.4, -0.2) is 51.8 Å². The van der Waals surface area contributed by atoms with Crippen LogP contribution in [0.3, 0.4) is 0 Å². The van der Waals surface area contributed by atoms with Crippen LogP contribution in [0.15, 0.2) is 18.2 Å². The van der Waals surface area contributed by atoms with E-state index in [0.29, 0.717) is 24.7 Å². The van der Waals surface area contributed by atoms with Gasteiger partial charge in [0.05, 0.1) is 24.1 Å². The number of likely N-dealkylation sites (tertiary alicyclic amines) is 1. The summed E-state index contributed by atoms with van der Waals surface area (Å²) in [6.07, 6.45) is 4.04. The molecule has 0 radical (unpaired) electrons. The lowest BCUT2D eigenvalue weighted by molar-refractivity contribution is -0.00159. The number of carbonyl (C=O) groups excluding carboxylic acids is 1. The van der Waals surface area contributed by atoms with Gasteiger partial charge in [-0.2, -0.15) is 0 Å². The Balaban J connectivity index is 1.83. The number of nitrogens with zero attached hydrogens (tertiary/aromatic N) is 1. The molecule has 1 aromatic rings. The first-order chi connectivity index (χ1) is 11.3. The van der Waals surface area contributed by atoms with Gasteiger partial charge in [-0.05, 0) is 37.5 Å². The Labute approximate surface area is 147 Å². The first kappa shape index (κ1) is 17.5. The van der Waals surface area contributed by atoms with Crippen LogP contribution in [0.1, 0.15) is 29.6 Å². The van der Waals surface area contributed by atoms with Crippen molar-refractivity contribution in [3.8, 4) is 0 Å². The monoisotopic (exact) mass is 372 g/mol. The second-order valence-corrected chi connectivity index (χ2v) is 8.88. The van der Waals surface area contributed by atoms with Crippen molar-refractivity contribution in [3.05, 3.63) is 28.8 Å². The van der Waals surface area contributed by atoms with Gasteiger partial charge in [-0.25, -0.2) is 8.42 Å². The minimum atomic E-state index is -3.48. The van der Waals surface area contributed by atoms with Crippen molar-refractivity contribution >= 4 is 33.2 Å². The Morgan fingerprint density at radius 2 is 2.17 bits per heavy atom. The number of carbonyl (C=O) groups is 1. The van der Waals surface area contributed by atoms with Crippen molar-refractivity contribution in [3.63, 3.8) is 0 Å². The third-order valence-electron chi connectivity index (χ3n) is 4.64. The van der Waals surface area contributed by atoms with Gasteiger partial charge in [0.2, 0.25) is 10.0 Å². The molecule has 8 heteroatoms. The number of sulfonamides is 1. The number of hydrogen-bond acceptors (Lipinski definition) is 4. The lowest BCUT2D eigenvalue weighted by Gasteiger charge is -2.33. The number of ether oxygens (including phenoxy) is 1. The van der Waals surface area contributed by atoms with Crippen LogP contribution in [0.25, 0.3) is 0 Å². The minimum Gasteiger partial charge on any atom is -0.381 e. The van der Waals surface area contributed by atoms with Gasteiger partial charge in [-0.3, -0.25) is 9.52 Å². The van der Waals surface area contributed by atoms with Crippen LogP contribution < -0.4 is 4.72 Å². The number of amides is 1. The molecule has 6 nitrogen and oxygen atoms in total. The molecule has 2 fully saturated rings. The zero-order chi connectivity index (χ0) is 17.4. The molecule has 3 rings (SSSR count). The quantitative estimate of drug-likeness (QED) is 0.883. The molecule has 2 aliphatic rings. The highest BCUT2D eigenvalue weighted by molar-refractivity contribution is 7.92. The van der Waals surface area contributed by atoms with Crippen molar-refractivity contribution < 1.29 is 17.9 Å². The summed E-state index contributed by atoms with van der Waals surface area (Å²) in [4.78, 5) is 14.7. The van der Waals surface area contributed by atoms with Crippen LogP contribution in [0.5, 0.6) is 0 Å². The van der Waals surface area contributed by atoms with Crippen molar-refractivity contribution in [2.75, 3.05) is 37.3 Å². The number of hydrogen-bond donors (Lipinski definition) is 1. The molecule has 0 aromatic heterocycles. The standard InChI is InChI=1S/C16H21ClN2O4S/c1-24(21,22)18-14-4-3-12(17)9-13(14)15(20)19-7-6-16(10-19)5-2-8-23-11-16/h3-4,9,18H,2,5-8,10-11H2,1H3. The van der Waals surface area contributed by atoms with Crippen LogP contribution in [0.4, 0.5) is 5.69 Å². The SMILES string of the molecule is CS(=O)(=O)Nc1ccc(Cl)cc1C(=O)N1CCC2(CCCOC2)C1. The molecule has 1 aromatic carbocycles. The number of benzene rings is 1. The second kappa shape index (κ2) is 6.54. The third-order valence-corrected chi connectivity index (χ3v) is 5.46. The first-order valence-electron chi connectivity index (χ1n) is 7.92. The van der Waals surface area contributed by atoms with Gasteiger partial charge in [-0.15, -0.1) is 0 Å². The summed E-state index contributed by atoms with van der Waals surface area (Å²) in [7, 11) is -3.48. The fourth-order valence-corrected chi connectivity index (χ4v) is 4.24. The minimum absolute atomic E-state index is 0.0386. The smallest absolute Gasteiger partial charge is 0.256 e. The van der Waals surface area contributed by atoms with Gasteiger partial charge < -0.3 is 9.64 Å². The molecule has 0 aliphatic carbocycles. The molecule has 2 saturated heterocycles. The van der Waals surface area contributed by atoms with Gasteiger partial charge in [0, 0.05) is 30.1 Å². The van der Waals surface area contributed by atoms with Crippen molar-refractivity contribution in [1.82, 2.24) is 4.90 Å². The average molecular weight is 373 g/mol. The Hall–Kier alpha value is -1.31. The summed E-state index contributed by atoms with van der Waals surface area (Å²) in [6, 6.07) is 4.60. The lowest BCUT2D eigenvalue weighted by atomic mass is 9.82. The molecule has 24 heavy (non-hydrogen) atoms. The molecular weight excluding hydrogens is 352 g/mol. The summed E-state index contributed by atoms with van der Waals surface area (Å²) in [5.74, 6) is -0.203. The lowest BCUT2D eigenvalue weighted by Crippen LogP contribution is -2.37. The molecule has 1 atom stereocenters.